The lowest BCUT2D eigenvalue weighted by molar-refractivity contribution is 0.0696. The number of piperidine rings is 1. The number of likely N-dealkylation sites (tertiary alicyclic amines) is 1. The Labute approximate surface area is 248 Å². The van der Waals surface area contributed by atoms with E-state index in [1.807, 2.05) is 35.9 Å². The van der Waals surface area contributed by atoms with Crippen molar-refractivity contribution in [2.24, 2.45) is 24.8 Å². The minimum Gasteiger partial charge on any atom is -0.494 e. The summed E-state index contributed by atoms with van der Waals surface area (Å²) in [7, 11) is 3.63. The Bertz CT molecular complexity index is 1910. The average molecular weight is 580 g/mol. The van der Waals surface area contributed by atoms with Crippen molar-refractivity contribution in [3.05, 3.63) is 60.2 Å². The van der Waals surface area contributed by atoms with Crippen molar-refractivity contribution in [2.75, 3.05) is 19.0 Å². The van der Waals surface area contributed by atoms with E-state index in [1.54, 1.807) is 19.4 Å². The molecule has 5 heterocycles. The van der Waals surface area contributed by atoms with Crippen molar-refractivity contribution in [3.8, 4) is 17.3 Å². The fraction of sp³-hybridized carbons (Fsp3) is 0.394. The first-order valence-electron chi connectivity index (χ1n) is 15.1. The van der Waals surface area contributed by atoms with E-state index in [0.717, 1.165) is 53.1 Å². The molecule has 1 saturated heterocycles. The number of methoxy groups -OCH3 is 1. The van der Waals surface area contributed by atoms with E-state index >= 15 is 0 Å². The second kappa shape index (κ2) is 9.79. The van der Waals surface area contributed by atoms with Crippen LogP contribution < -0.4 is 10.1 Å². The number of carbonyl (C=O) groups is 1. The summed E-state index contributed by atoms with van der Waals surface area (Å²) >= 11 is 0. The molecule has 3 atom stereocenters. The maximum atomic E-state index is 14.3. The summed E-state index contributed by atoms with van der Waals surface area (Å²) in [6, 6.07) is 11.7. The molecule has 5 aromatic rings. The van der Waals surface area contributed by atoms with Crippen molar-refractivity contribution in [1.82, 2.24) is 29.0 Å². The van der Waals surface area contributed by atoms with E-state index in [0.29, 0.717) is 46.6 Å². The van der Waals surface area contributed by atoms with Crippen molar-refractivity contribution in [2.45, 2.75) is 45.2 Å². The Morgan fingerprint density at radius 1 is 1.12 bits per heavy atom. The van der Waals surface area contributed by atoms with E-state index in [2.05, 4.69) is 32.8 Å². The van der Waals surface area contributed by atoms with Gasteiger partial charge in [-0.2, -0.15) is 0 Å². The molecule has 3 fully saturated rings. The molecule has 1 N–H and O–H groups in total. The third-order valence-electron chi connectivity index (χ3n) is 9.82. The second-order valence-corrected chi connectivity index (χ2v) is 12.4. The van der Waals surface area contributed by atoms with Gasteiger partial charge in [-0.1, -0.05) is 6.92 Å². The zero-order valence-corrected chi connectivity index (χ0v) is 24.5. The number of pyridine rings is 2. The third-order valence-corrected chi connectivity index (χ3v) is 9.82. The second-order valence-electron chi connectivity index (χ2n) is 12.4. The maximum Gasteiger partial charge on any atom is 0.254 e. The lowest BCUT2D eigenvalue weighted by Gasteiger charge is -2.27. The molecule has 2 saturated carbocycles. The number of rotatable bonds is 7. The van der Waals surface area contributed by atoms with Crippen LogP contribution in [0.25, 0.3) is 33.6 Å². The number of nitrogens with one attached hydrogen (secondary N) is 1. The summed E-state index contributed by atoms with van der Waals surface area (Å²) in [5, 5.41) is 4.07. The maximum absolute atomic E-state index is 14.3. The van der Waals surface area contributed by atoms with Gasteiger partial charge >= 0.3 is 0 Å². The molecule has 220 valence electrons. The van der Waals surface area contributed by atoms with Gasteiger partial charge in [0, 0.05) is 43.3 Å². The van der Waals surface area contributed by atoms with Gasteiger partial charge in [0.2, 0.25) is 0 Å². The summed E-state index contributed by atoms with van der Waals surface area (Å²) in [5.74, 6) is 3.32. The van der Waals surface area contributed by atoms with Gasteiger partial charge in [0.25, 0.3) is 5.91 Å². The van der Waals surface area contributed by atoms with Crippen LogP contribution in [0, 0.1) is 23.6 Å². The monoisotopic (exact) mass is 579 g/mol. The predicted molar refractivity (Wildman–Crippen MR) is 163 cm³/mol. The number of amides is 1. The van der Waals surface area contributed by atoms with Crippen molar-refractivity contribution in [1.29, 1.82) is 0 Å². The van der Waals surface area contributed by atoms with Gasteiger partial charge in [-0.25, -0.2) is 14.4 Å². The highest BCUT2D eigenvalue weighted by Gasteiger charge is 2.46. The van der Waals surface area contributed by atoms with E-state index in [1.165, 1.54) is 25.5 Å². The standard InChI is InChI=1S/C33H34FN7O2/c1-18-21-6-8-26(18)41(17-21)33(42)22-12-25-30(28(14-22)43-3)39(2)32(37-25)27-13-20-7-9-29(36-24-10-11-35-15-23(24)34)38-31(20)40(27)16-19-4-5-19/h7,9-15,18-19,21,26H,4-6,8,16-17H2,1-3H3,(H,35,36,38). The molecule has 2 bridgehead atoms. The smallest absolute Gasteiger partial charge is 0.254 e. The topological polar surface area (TPSA) is 90.1 Å². The van der Waals surface area contributed by atoms with E-state index in [-0.39, 0.29) is 5.91 Å². The van der Waals surface area contributed by atoms with Crippen LogP contribution in [-0.2, 0) is 13.6 Å². The van der Waals surface area contributed by atoms with E-state index < -0.39 is 5.82 Å². The number of ether oxygens (including phenoxy) is 1. The number of nitrogens with zero attached hydrogens (tertiary/aromatic N) is 6. The first kappa shape index (κ1) is 26.2. The minimum absolute atomic E-state index is 0.0594. The molecular weight excluding hydrogens is 545 g/mol. The number of anilines is 2. The van der Waals surface area contributed by atoms with Gasteiger partial charge in [-0.15, -0.1) is 0 Å². The summed E-state index contributed by atoms with van der Waals surface area (Å²) in [4.78, 5) is 29.6. The highest BCUT2D eigenvalue weighted by molar-refractivity contribution is 6.00. The molecule has 1 aliphatic heterocycles. The van der Waals surface area contributed by atoms with Crippen LogP contribution in [0.2, 0.25) is 0 Å². The normalized spacial score (nSPS) is 21.3. The number of benzene rings is 1. The number of carbonyl (C=O) groups excluding carboxylic acids is 1. The Hall–Kier alpha value is -4.47. The Balaban J connectivity index is 1.21. The summed E-state index contributed by atoms with van der Waals surface area (Å²) in [6.45, 7) is 3.92. The van der Waals surface area contributed by atoms with Crippen molar-refractivity contribution in [3.63, 3.8) is 0 Å². The summed E-state index contributed by atoms with van der Waals surface area (Å²) < 4.78 is 24.4. The van der Waals surface area contributed by atoms with Gasteiger partial charge in [-0.05, 0) is 79.8 Å². The predicted octanol–water partition coefficient (Wildman–Crippen LogP) is 6.16. The molecule has 3 unspecified atom stereocenters. The number of aryl methyl sites for hydroxylation is 1. The van der Waals surface area contributed by atoms with Crippen LogP contribution in [0.4, 0.5) is 15.9 Å². The molecule has 3 aliphatic rings. The SMILES string of the molecule is COc1cc(C(=O)N2CC3CCC2C3C)cc2nc(-c3cc4ccc(Nc5ccncc5F)nc4n3CC3CC3)n(C)c12. The van der Waals surface area contributed by atoms with Crippen LogP contribution in [0.1, 0.15) is 43.0 Å². The number of imidazole rings is 1. The zero-order valence-electron chi connectivity index (χ0n) is 24.5. The molecule has 43 heavy (non-hydrogen) atoms. The highest BCUT2D eigenvalue weighted by atomic mass is 19.1. The quantitative estimate of drug-likeness (QED) is 0.249. The van der Waals surface area contributed by atoms with Crippen molar-refractivity contribution < 1.29 is 13.9 Å². The average Bonchev–Trinajstić information content (AvgIpc) is 3.42. The molecular formula is C33H34FN7O2. The van der Waals surface area contributed by atoms with Crippen LogP contribution in [0.3, 0.4) is 0 Å². The fourth-order valence-corrected chi connectivity index (χ4v) is 7.27. The molecule has 4 aromatic heterocycles. The molecule has 8 rings (SSSR count). The molecule has 10 heteroatoms. The Morgan fingerprint density at radius 2 is 1.98 bits per heavy atom. The van der Waals surface area contributed by atoms with E-state index in [4.69, 9.17) is 14.7 Å². The molecule has 0 radical (unpaired) electrons. The van der Waals surface area contributed by atoms with Crippen molar-refractivity contribution >= 4 is 39.5 Å². The van der Waals surface area contributed by atoms with Crippen LogP contribution in [0.15, 0.2) is 48.8 Å². The lowest BCUT2D eigenvalue weighted by atomic mass is 10.0. The van der Waals surface area contributed by atoms with Crippen LogP contribution in [-0.4, -0.2) is 54.6 Å². The van der Waals surface area contributed by atoms with Gasteiger partial charge in [0.1, 0.15) is 22.7 Å². The number of fused-ring (bicyclic) bond motifs is 4. The van der Waals surface area contributed by atoms with Crippen LogP contribution >= 0.6 is 0 Å². The molecule has 0 spiro atoms. The highest BCUT2D eigenvalue weighted by Crippen LogP contribution is 2.44. The number of aromatic nitrogens is 5. The Kier molecular flexibility index (Phi) is 5.96. The minimum atomic E-state index is -0.434. The lowest BCUT2D eigenvalue weighted by Crippen LogP contribution is -2.38. The summed E-state index contributed by atoms with van der Waals surface area (Å²) in [6.07, 6.45) is 7.38. The van der Waals surface area contributed by atoms with E-state index in [9.17, 15) is 9.18 Å². The number of hydrogen-bond donors (Lipinski definition) is 1. The van der Waals surface area contributed by atoms with Gasteiger partial charge in [-0.3, -0.25) is 9.78 Å². The third kappa shape index (κ3) is 4.25. The molecule has 9 nitrogen and oxygen atoms in total. The van der Waals surface area contributed by atoms with Crippen LogP contribution in [0.5, 0.6) is 5.75 Å². The van der Waals surface area contributed by atoms with Gasteiger partial charge < -0.3 is 24.1 Å². The molecule has 1 aromatic carbocycles. The Morgan fingerprint density at radius 3 is 2.70 bits per heavy atom. The van der Waals surface area contributed by atoms with Gasteiger partial charge in [0.15, 0.2) is 11.6 Å². The first-order valence-corrected chi connectivity index (χ1v) is 15.1. The largest absolute Gasteiger partial charge is 0.494 e. The van der Waals surface area contributed by atoms with Gasteiger partial charge in [0.05, 0.1) is 30.2 Å². The number of halogens is 1. The summed E-state index contributed by atoms with van der Waals surface area (Å²) in [5.41, 5.74) is 4.27. The zero-order chi connectivity index (χ0) is 29.4. The first-order chi connectivity index (χ1) is 20.9. The molecule has 1 amide bonds. The fourth-order valence-electron chi connectivity index (χ4n) is 7.27. The molecule has 2 aliphatic carbocycles. The number of hydrogen-bond acceptors (Lipinski definition) is 6.